The smallest absolute Gasteiger partial charge is 0.248 e. The number of hydrogen-bond donors (Lipinski definition) is 2. The summed E-state index contributed by atoms with van der Waals surface area (Å²) in [4.78, 5) is 27.0. The van der Waals surface area contributed by atoms with Crippen LogP contribution in [0.25, 0.3) is 0 Å². The van der Waals surface area contributed by atoms with Crippen molar-refractivity contribution >= 4 is 28.8 Å². The Kier molecular flexibility index (Phi) is 5.27. The second-order valence-corrected chi connectivity index (χ2v) is 6.93. The highest BCUT2D eigenvalue weighted by Crippen LogP contribution is 2.34. The highest BCUT2D eigenvalue weighted by Gasteiger charge is 2.26. The number of hydrogen-bond acceptors (Lipinski definition) is 4. The Bertz CT molecular complexity index is 698. The molecule has 3 N–H and O–H groups in total. The van der Waals surface area contributed by atoms with E-state index in [2.05, 4.69) is 27.7 Å². The third-order valence-electron chi connectivity index (χ3n) is 4.31. The van der Waals surface area contributed by atoms with Crippen LogP contribution in [0.5, 0.6) is 0 Å². The van der Waals surface area contributed by atoms with Crippen LogP contribution < -0.4 is 11.1 Å². The molecule has 3 rings (SSSR count). The lowest BCUT2D eigenvalue weighted by molar-refractivity contribution is -0.116. The first-order chi connectivity index (χ1) is 11.6. The molecule has 1 aromatic heterocycles. The summed E-state index contributed by atoms with van der Waals surface area (Å²) < 4.78 is 0. The minimum Gasteiger partial charge on any atom is -0.366 e. The zero-order valence-electron chi connectivity index (χ0n) is 13.4. The fraction of sp³-hybridized carbons (Fsp3) is 0.333. The van der Waals surface area contributed by atoms with Gasteiger partial charge in [0.2, 0.25) is 11.8 Å². The molecule has 0 radical (unpaired) electrons. The van der Waals surface area contributed by atoms with Gasteiger partial charge in [-0.05, 0) is 55.1 Å². The first kappa shape index (κ1) is 16.7. The summed E-state index contributed by atoms with van der Waals surface area (Å²) in [5, 5.41) is 4.97. The molecule has 1 atom stereocenters. The van der Waals surface area contributed by atoms with Crippen LogP contribution in [0.15, 0.2) is 41.8 Å². The minimum absolute atomic E-state index is 0.0151. The van der Waals surface area contributed by atoms with Crippen molar-refractivity contribution in [3.63, 3.8) is 0 Å². The lowest BCUT2D eigenvalue weighted by Gasteiger charge is -2.23. The van der Waals surface area contributed by atoms with Crippen LogP contribution in [0.1, 0.15) is 40.5 Å². The molecule has 24 heavy (non-hydrogen) atoms. The highest BCUT2D eigenvalue weighted by molar-refractivity contribution is 7.10. The number of anilines is 1. The average Bonchev–Trinajstić information content (AvgIpc) is 3.24. The number of nitrogens with two attached hydrogens (primary N) is 1. The van der Waals surface area contributed by atoms with Crippen LogP contribution in [0, 0.1) is 0 Å². The quantitative estimate of drug-likeness (QED) is 0.846. The fourth-order valence-corrected chi connectivity index (χ4v) is 3.98. The summed E-state index contributed by atoms with van der Waals surface area (Å²) in [7, 11) is 0. The molecular formula is C18H21N3O2S. The maximum Gasteiger partial charge on any atom is 0.248 e. The van der Waals surface area contributed by atoms with Crippen molar-refractivity contribution in [1.29, 1.82) is 0 Å². The first-order valence-electron chi connectivity index (χ1n) is 8.10. The first-order valence-corrected chi connectivity index (χ1v) is 8.98. The zero-order valence-corrected chi connectivity index (χ0v) is 14.2. The van der Waals surface area contributed by atoms with Crippen molar-refractivity contribution < 1.29 is 9.59 Å². The average molecular weight is 343 g/mol. The van der Waals surface area contributed by atoms with E-state index in [1.54, 1.807) is 35.6 Å². The molecule has 126 valence electrons. The molecule has 0 bridgehead atoms. The normalized spacial score (nSPS) is 17.8. The molecule has 0 aliphatic carbocycles. The zero-order chi connectivity index (χ0) is 16.9. The van der Waals surface area contributed by atoms with Gasteiger partial charge >= 0.3 is 0 Å². The van der Waals surface area contributed by atoms with E-state index in [4.69, 9.17) is 5.73 Å². The van der Waals surface area contributed by atoms with Gasteiger partial charge in [0.05, 0.1) is 0 Å². The predicted molar refractivity (Wildman–Crippen MR) is 96.1 cm³/mol. The molecular weight excluding hydrogens is 322 g/mol. The van der Waals surface area contributed by atoms with Crippen LogP contribution in [0.2, 0.25) is 0 Å². The van der Waals surface area contributed by atoms with E-state index in [-0.39, 0.29) is 5.91 Å². The molecule has 1 aromatic carbocycles. The van der Waals surface area contributed by atoms with Crippen molar-refractivity contribution in [3.8, 4) is 0 Å². The number of primary amides is 1. The number of thiophene rings is 1. The van der Waals surface area contributed by atoms with Gasteiger partial charge in [0.1, 0.15) is 0 Å². The van der Waals surface area contributed by atoms with E-state index >= 15 is 0 Å². The van der Waals surface area contributed by atoms with Crippen LogP contribution in [-0.4, -0.2) is 29.8 Å². The van der Waals surface area contributed by atoms with Crippen molar-refractivity contribution in [3.05, 3.63) is 52.2 Å². The molecule has 5 nitrogen and oxygen atoms in total. The summed E-state index contributed by atoms with van der Waals surface area (Å²) in [5.41, 5.74) is 6.32. The summed E-state index contributed by atoms with van der Waals surface area (Å²) in [5.74, 6) is -0.486. The molecule has 0 unspecified atom stereocenters. The molecule has 0 saturated carbocycles. The molecule has 1 aliphatic rings. The summed E-state index contributed by atoms with van der Waals surface area (Å²) in [6.45, 7) is 1.80. The number of benzene rings is 1. The molecule has 1 saturated heterocycles. The van der Waals surface area contributed by atoms with Gasteiger partial charge in [0.25, 0.3) is 0 Å². The number of rotatable bonds is 6. The molecule has 0 spiro atoms. The van der Waals surface area contributed by atoms with Gasteiger partial charge < -0.3 is 11.1 Å². The third-order valence-corrected chi connectivity index (χ3v) is 5.29. The molecule has 1 aliphatic heterocycles. The summed E-state index contributed by atoms with van der Waals surface area (Å²) in [6, 6.07) is 11.3. The van der Waals surface area contributed by atoms with Crippen LogP contribution in [0.4, 0.5) is 5.69 Å². The summed E-state index contributed by atoms with van der Waals surface area (Å²) in [6.07, 6.45) is 2.80. The van der Waals surface area contributed by atoms with Crippen LogP contribution in [0.3, 0.4) is 0 Å². The monoisotopic (exact) mass is 343 g/mol. The van der Waals surface area contributed by atoms with Crippen molar-refractivity contribution in [2.75, 3.05) is 18.4 Å². The number of likely N-dealkylation sites (tertiary alicyclic amines) is 1. The van der Waals surface area contributed by atoms with Crippen LogP contribution in [-0.2, 0) is 4.79 Å². The minimum atomic E-state index is -0.471. The standard InChI is InChI=1S/C18H21N3O2S/c19-18(23)13-5-7-14(8-6-13)20-17(22)9-11-21-10-1-3-15(21)16-4-2-12-24-16/h2,4-8,12,15H,1,3,9-11H2,(H2,19,23)(H,20,22)/t15-/m1/s1. The molecule has 2 heterocycles. The maximum atomic E-state index is 12.2. The van der Waals surface area contributed by atoms with Gasteiger partial charge in [-0.2, -0.15) is 0 Å². The topological polar surface area (TPSA) is 75.4 Å². The third kappa shape index (κ3) is 4.01. The largest absolute Gasteiger partial charge is 0.366 e. The number of nitrogens with zero attached hydrogens (tertiary/aromatic N) is 1. The SMILES string of the molecule is NC(=O)c1ccc(NC(=O)CCN2CCC[C@@H]2c2cccs2)cc1. The number of nitrogens with one attached hydrogen (secondary N) is 1. The van der Waals surface area contributed by atoms with Gasteiger partial charge in [-0.3, -0.25) is 14.5 Å². The Labute approximate surface area is 145 Å². The summed E-state index contributed by atoms with van der Waals surface area (Å²) >= 11 is 1.78. The molecule has 6 heteroatoms. The Balaban J connectivity index is 1.51. The second-order valence-electron chi connectivity index (χ2n) is 5.95. The number of carbonyl (C=O) groups excluding carboxylic acids is 2. The fourth-order valence-electron chi connectivity index (χ4n) is 3.08. The Hall–Kier alpha value is -2.18. The maximum absolute atomic E-state index is 12.2. The molecule has 2 amide bonds. The lowest BCUT2D eigenvalue weighted by atomic mass is 10.2. The van der Waals surface area contributed by atoms with E-state index in [1.807, 2.05) is 0 Å². The van der Waals surface area contributed by atoms with E-state index in [1.165, 1.54) is 11.3 Å². The highest BCUT2D eigenvalue weighted by atomic mass is 32.1. The number of carbonyl (C=O) groups is 2. The second kappa shape index (κ2) is 7.59. The predicted octanol–water partition coefficient (Wildman–Crippen LogP) is 3.01. The van der Waals surface area contributed by atoms with Crippen molar-refractivity contribution in [2.24, 2.45) is 5.73 Å². The van der Waals surface area contributed by atoms with Gasteiger partial charge in [-0.1, -0.05) is 6.07 Å². The molecule has 2 aromatic rings. The Morgan fingerprint density at radius 2 is 2.04 bits per heavy atom. The Morgan fingerprint density at radius 1 is 1.25 bits per heavy atom. The van der Waals surface area contributed by atoms with Gasteiger partial charge in [0.15, 0.2) is 0 Å². The Morgan fingerprint density at radius 3 is 2.71 bits per heavy atom. The van der Waals surface area contributed by atoms with E-state index in [0.717, 1.165) is 19.5 Å². The molecule has 1 fully saturated rings. The number of amides is 2. The van der Waals surface area contributed by atoms with E-state index in [9.17, 15) is 9.59 Å². The van der Waals surface area contributed by atoms with Crippen molar-refractivity contribution in [1.82, 2.24) is 4.90 Å². The van der Waals surface area contributed by atoms with E-state index < -0.39 is 5.91 Å². The van der Waals surface area contributed by atoms with E-state index in [0.29, 0.717) is 23.7 Å². The van der Waals surface area contributed by atoms with Gasteiger partial charge in [-0.15, -0.1) is 11.3 Å². The van der Waals surface area contributed by atoms with Gasteiger partial charge in [-0.25, -0.2) is 0 Å². The lowest BCUT2D eigenvalue weighted by Crippen LogP contribution is -2.27. The van der Waals surface area contributed by atoms with Crippen molar-refractivity contribution in [2.45, 2.75) is 25.3 Å². The van der Waals surface area contributed by atoms with Gasteiger partial charge in [0, 0.05) is 35.1 Å². The van der Waals surface area contributed by atoms with Crippen LogP contribution >= 0.6 is 11.3 Å².